The van der Waals surface area contributed by atoms with E-state index in [-0.39, 0.29) is 6.42 Å². The van der Waals surface area contributed by atoms with Crippen molar-refractivity contribution in [3.63, 3.8) is 0 Å². The summed E-state index contributed by atoms with van der Waals surface area (Å²) in [6, 6.07) is 8.96. The Morgan fingerprint density at radius 3 is 2.41 bits per heavy atom. The van der Waals surface area contributed by atoms with E-state index in [0.717, 1.165) is 5.56 Å². The lowest BCUT2D eigenvalue weighted by Gasteiger charge is -2.13. The maximum absolute atomic E-state index is 11.8. The molecule has 0 aliphatic rings. The van der Waals surface area contributed by atoms with Crippen molar-refractivity contribution in [1.82, 2.24) is 0 Å². The second kappa shape index (κ2) is 6.21. The van der Waals surface area contributed by atoms with Crippen LogP contribution in [0.4, 0.5) is 0 Å². The van der Waals surface area contributed by atoms with Crippen molar-refractivity contribution in [3.8, 4) is 0 Å². The van der Waals surface area contributed by atoms with Crippen molar-refractivity contribution in [2.24, 2.45) is 0 Å². The standard InChI is InChI=1S/C13H13ClO3/c1-9(14)8-11(12(15)13(16)17-2)10-6-4-3-5-7-10/h3-7,11H,1,8H2,2H3. The van der Waals surface area contributed by atoms with Crippen molar-refractivity contribution in [2.75, 3.05) is 7.11 Å². The lowest BCUT2D eigenvalue weighted by molar-refractivity contribution is -0.152. The Bertz CT molecular complexity index is 426. The minimum absolute atomic E-state index is 0.222. The molecule has 90 valence electrons. The molecule has 0 saturated heterocycles. The molecule has 0 radical (unpaired) electrons. The number of hydrogen-bond donors (Lipinski definition) is 0. The fourth-order valence-corrected chi connectivity index (χ4v) is 1.67. The molecular weight excluding hydrogens is 240 g/mol. The number of ether oxygens (including phenoxy) is 1. The molecule has 17 heavy (non-hydrogen) atoms. The number of carbonyl (C=O) groups is 2. The molecule has 1 atom stereocenters. The summed E-state index contributed by atoms with van der Waals surface area (Å²) >= 11 is 5.72. The molecule has 3 nitrogen and oxygen atoms in total. The first-order valence-corrected chi connectivity index (χ1v) is 5.44. The van der Waals surface area contributed by atoms with Gasteiger partial charge in [0.05, 0.1) is 13.0 Å². The molecule has 1 rings (SSSR count). The number of esters is 1. The molecule has 0 aliphatic carbocycles. The van der Waals surface area contributed by atoms with Crippen LogP contribution in [0.5, 0.6) is 0 Å². The van der Waals surface area contributed by atoms with Gasteiger partial charge in [-0.05, 0) is 12.0 Å². The predicted molar refractivity (Wildman–Crippen MR) is 65.8 cm³/mol. The third kappa shape index (κ3) is 3.71. The zero-order chi connectivity index (χ0) is 12.8. The zero-order valence-electron chi connectivity index (χ0n) is 9.48. The number of benzene rings is 1. The smallest absolute Gasteiger partial charge is 0.374 e. The van der Waals surface area contributed by atoms with Crippen LogP contribution in [-0.4, -0.2) is 18.9 Å². The lowest BCUT2D eigenvalue weighted by Crippen LogP contribution is -2.23. The van der Waals surface area contributed by atoms with Crippen LogP contribution in [0.3, 0.4) is 0 Å². The largest absolute Gasteiger partial charge is 0.463 e. The highest BCUT2D eigenvalue weighted by atomic mass is 35.5. The van der Waals surface area contributed by atoms with Crippen molar-refractivity contribution in [2.45, 2.75) is 12.3 Å². The highest BCUT2D eigenvalue weighted by molar-refractivity contribution is 6.36. The van der Waals surface area contributed by atoms with Gasteiger partial charge in [0.25, 0.3) is 0 Å². The molecule has 0 saturated carbocycles. The molecule has 1 aromatic carbocycles. The van der Waals surface area contributed by atoms with Crippen LogP contribution in [0.2, 0.25) is 0 Å². The highest BCUT2D eigenvalue weighted by Gasteiger charge is 2.27. The van der Waals surface area contributed by atoms with Gasteiger partial charge in [0.2, 0.25) is 5.78 Å². The number of allylic oxidation sites excluding steroid dienone is 1. The normalized spacial score (nSPS) is 11.6. The van der Waals surface area contributed by atoms with E-state index in [4.69, 9.17) is 11.6 Å². The van der Waals surface area contributed by atoms with E-state index < -0.39 is 17.7 Å². The molecule has 0 aromatic heterocycles. The second-order valence-corrected chi connectivity index (χ2v) is 4.08. The average molecular weight is 253 g/mol. The van der Waals surface area contributed by atoms with Crippen LogP contribution in [0.15, 0.2) is 41.9 Å². The summed E-state index contributed by atoms with van der Waals surface area (Å²) in [5.74, 6) is -2.11. The fraction of sp³-hybridized carbons (Fsp3) is 0.231. The Hall–Kier alpha value is -1.61. The highest BCUT2D eigenvalue weighted by Crippen LogP contribution is 2.25. The first-order valence-electron chi connectivity index (χ1n) is 5.06. The minimum Gasteiger partial charge on any atom is -0.463 e. The molecule has 0 fully saturated rings. The lowest BCUT2D eigenvalue weighted by atomic mass is 9.91. The Morgan fingerprint density at radius 1 is 1.35 bits per heavy atom. The average Bonchev–Trinajstić information content (AvgIpc) is 2.35. The summed E-state index contributed by atoms with van der Waals surface area (Å²) < 4.78 is 4.43. The van der Waals surface area contributed by atoms with E-state index in [9.17, 15) is 9.59 Å². The third-order valence-electron chi connectivity index (χ3n) is 2.33. The van der Waals surface area contributed by atoms with Gasteiger partial charge in [-0.25, -0.2) is 4.79 Å². The number of methoxy groups -OCH3 is 1. The van der Waals surface area contributed by atoms with Gasteiger partial charge in [0, 0.05) is 5.03 Å². The summed E-state index contributed by atoms with van der Waals surface area (Å²) in [7, 11) is 1.18. The van der Waals surface area contributed by atoms with E-state index >= 15 is 0 Å². The van der Waals surface area contributed by atoms with Crippen LogP contribution in [0.1, 0.15) is 17.9 Å². The van der Waals surface area contributed by atoms with Crippen LogP contribution in [0, 0.1) is 0 Å². The molecule has 0 N–H and O–H groups in total. The van der Waals surface area contributed by atoms with Gasteiger partial charge in [-0.3, -0.25) is 4.79 Å². The maximum Gasteiger partial charge on any atom is 0.374 e. The molecule has 0 bridgehead atoms. The number of hydrogen-bond acceptors (Lipinski definition) is 3. The van der Waals surface area contributed by atoms with Gasteiger partial charge in [-0.15, -0.1) is 0 Å². The number of halogens is 1. The number of ketones is 1. The molecule has 1 unspecified atom stereocenters. The zero-order valence-corrected chi connectivity index (χ0v) is 10.2. The van der Waals surface area contributed by atoms with E-state index in [1.807, 2.05) is 6.07 Å². The Balaban J connectivity index is 3.00. The van der Waals surface area contributed by atoms with E-state index in [1.165, 1.54) is 7.11 Å². The Labute approximate surface area is 105 Å². The van der Waals surface area contributed by atoms with Gasteiger partial charge in [0.15, 0.2) is 0 Å². The molecule has 0 amide bonds. The van der Waals surface area contributed by atoms with Crippen molar-refractivity contribution in [3.05, 3.63) is 47.5 Å². The van der Waals surface area contributed by atoms with E-state index in [1.54, 1.807) is 24.3 Å². The SMILES string of the molecule is C=C(Cl)CC(C(=O)C(=O)OC)c1ccccc1. The van der Waals surface area contributed by atoms with Gasteiger partial charge in [-0.1, -0.05) is 48.5 Å². The summed E-state index contributed by atoms with van der Waals surface area (Å²) in [4.78, 5) is 23.1. The molecule has 0 aliphatic heterocycles. The summed E-state index contributed by atoms with van der Waals surface area (Å²) in [5, 5.41) is 0.330. The van der Waals surface area contributed by atoms with Crippen molar-refractivity contribution >= 4 is 23.4 Å². The van der Waals surface area contributed by atoms with Gasteiger partial charge < -0.3 is 4.74 Å². The second-order valence-electron chi connectivity index (χ2n) is 3.54. The van der Waals surface area contributed by atoms with Crippen LogP contribution in [-0.2, 0) is 14.3 Å². The first kappa shape index (κ1) is 13.5. The molecular formula is C13H13ClO3. The predicted octanol–water partition coefficient (Wildman–Crippen LogP) is 2.65. The van der Waals surface area contributed by atoms with Crippen LogP contribution in [0.25, 0.3) is 0 Å². The Kier molecular flexibility index (Phi) is 4.91. The van der Waals surface area contributed by atoms with E-state index in [0.29, 0.717) is 5.03 Å². The molecule has 1 aromatic rings. The topological polar surface area (TPSA) is 43.4 Å². The van der Waals surface area contributed by atoms with Gasteiger partial charge in [-0.2, -0.15) is 0 Å². The minimum atomic E-state index is -0.864. The van der Waals surface area contributed by atoms with Gasteiger partial charge in [0.1, 0.15) is 0 Å². The quantitative estimate of drug-likeness (QED) is 0.598. The summed E-state index contributed by atoms with van der Waals surface area (Å²) in [5.41, 5.74) is 0.727. The summed E-state index contributed by atoms with van der Waals surface area (Å²) in [6.45, 7) is 3.55. The molecule has 0 heterocycles. The van der Waals surface area contributed by atoms with Crippen LogP contribution < -0.4 is 0 Å². The molecule has 0 spiro atoms. The number of Topliss-reactive ketones (excluding diaryl/α,β-unsaturated/α-hetero) is 1. The van der Waals surface area contributed by atoms with Gasteiger partial charge >= 0.3 is 5.97 Å². The first-order chi connectivity index (χ1) is 8.06. The maximum atomic E-state index is 11.8. The number of carbonyl (C=O) groups excluding carboxylic acids is 2. The number of rotatable bonds is 5. The van der Waals surface area contributed by atoms with E-state index in [2.05, 4.69) is 11.3 Å². The third-order valence-corrected chi connectivity index (χ3v) is 2.48. The van der Waals surface area contributed by atoms with Crippen LogP contribution >= 0.6 is 11.6 Å². The van der Waals surface area contributed by atoms with Crippen molar-refractivity contribution in [1.29, 1.82) is 0 Å². The van der Waals surface area contributed by atoms with Crippen molar-refractivity contribution < 1.29 is 14.3 Å². The Morgan fingerprint density at radius 2 is 1.94 bits per heavy atom. The monoisotopic (exact) mass is 252 g/mol. The molecule has 4 heteroatoms. The fourth-order valence-electron chi connectivity index (χ4n) is 1.51. The summed E-state index contributed by atoms with van der Waals surface area (Å²) in [6.07, 6.45) is 0.222.